The van der Waals surface area contributed by atoms with Crippen LogP contribution in [0.5, 0.6) is 5.88 Å². The molecule has 0 spiro atoms. The van der Waals surface area contributed by atoms with E-state index in [0.29, 0.717) is 5.56 Å². The van der Waals surface area contributed by atoms with E-state index >= 15 is 0 Å². The number of H-pyrrole nitrogens is 1. The van der Waals surface area contributed by atoms with Crippen molar-refractivity contribution < 1.29 is 10.2 Å². The van der Waals surface area contributed by atoms with Gasteiger partial charge in [0.25, 0.3) is 0 Å². The monoisotopic (exact) mass is 266 g/mol. The molecule has 4 heteroatoms. The first-order valence-corrected chi connectivity index (χ1v) is 6.31. The Morgan fingerprint density at radius 3 is 2.80 bits per heavy atom. The van der Waals surface area contributed by atoms with E-state index < -0.39 is 0 Å². The standard InChI is InChI=1S/C16H14N2O2/c19-10-11-4-3-5-12(8-11)17-9-14-13-6-1-2-7-15(13)18-16(14)20/h1-9,18-20H,10H2. The van der Waals surface area contributed by atoms with Crippen molar-refractivity contribution in [3.8, 4) is 5.88 Å². The summed E-state index contributed by atoms with van der Waals surface area (Å²) >= 11 is 0. The molecule has 3 N–H and O–H groups in total. The summed E-state index contributed by atoms with van der Waals surface area (Å²) in [5.41, 5.74) is 3.08. The van der Waals surface area contributed by atoms with Crippen LogP contribution >= 0.6 is 0 Å². The summed E-state index contributed by atoms with van der Waals surface area (Å²) in [7, 11) is 0. The molecule has 20 heavy (non-hydrogen) atoms. The highest BCUT2D eigenvalue weighted by atomic mass is 16.3. The molecule has 100 valence electrons. The van der Waals surface area contributed by atoms with Crippen LogP contribution in [0.3, 0.4) is 0 Å². The van der Waals surface area contributed by atoms with Gasteiger partial charge in [0.2, 0.25) is 0 Å². The Hall–Kier alpha value is -2.59. The van der Waals surface area contributed by atoms with Gasteiger partial charge in [0.15, 0.2) is 5.88 Å². The summed E-state index contributed by atoms with van der Waals surface area (Å²) in [6, 6.07) is 15.0. The lowest BCUT2D eigenvalue weighted by Crippen LogP contribution is -1.82. The normalized spacial score (nSPS) is 11.4. The molecule has 0 bridgehead atoms. The predicted molar refractivity (Wildman–Crippen MR) is 79.6 cm³/mol. The number of aromatic hydroxyl groups is 1. The molecule has 3 rings (SSSR count). The maximum Gasteiger partial charge on any atom is 0.198 e. The summed E-state index contributed by atoms with van der Waals surface area (Å²) in [6.45, 7) is -0.0122. The van der Waals surface area contributed by atoms with Gasteiger partial charge in [0, 0.05) is 17.1 Å². The zero-order valence-corrected chi connectivity index (χ0v) is 10.7. The van der Waals surface area contributed by atoms with Crippen LogP contribution in [0.2, 0.25) is 0 Å². The van der Waals surface area contributed by atoms with Crippen molar-refractivity contribution in [2.75, 3.05) is 0 Å². The highest BCUT2D eigenvalue weighted by molar-refractivity contribution is 6.02. The molecule has 0 aliphatic carbocycles. The lowest BCUT2D eigenvalue weighted by Gasteiger charge is -1.97. The SMILES string of the molecule is OCc1cccc(N=Cc2c(O)[nH]c3ccccc23)c1. The minimum absolute atomic E-state index is 0.0122. The minimum Gasteiger partial charge on any atom is -0.494 e. The van der Waals surface area contributed by atoms with Crippen LogP contribution in [-0.2, 0) is 6.61 Å². The van der Waals surface area contributed by atoms with Crippen molar-refractivity contribution in [2.45, 2.75) is 6.61 Å². The molecule has 0 saturated heterocycles. The number of aliphatic hydroxyl groups excluding tert-OH is 1. The topological polar surface area (TPSA) is 68.6 Å². The fourth-order valence-corrected chi connectivity index (χ4v) is 2.15. The van der Waals surface area contributed by atoms with Gasteiger partial charge in [-0.2, -0.15) is 0 Å². The lowest BCUT2D eigenvalue weighted by atomic mass is 10.2. The second-order valence-electron chi connectivity index (χ2n) is 4.52. The summed E-state index contributed by atoms with van der Waals surface area (Å²) < 4.78 is 0. The molecule has 0 aliphatic heterocycles. The Balaban J connectivity index is 2.00. The van der Waals surface area contributed by atoms with Crippen LogP contribution in [0.4, 0.5) is 5.69 Å². The van der Waals surface area contributed by atoms with Crippen LogP contribution in [0.25, 0.3) is 10.9 Å². The molecule has 0 unspecified atom stereocenters. The molecule has 4 nitrogen and oxygen atoms in total. The quantitative estimate of drug-likeness (QED) is 0.637. The number of hydrogen-bond acceptors (Lipinski definition) is 3. The third kappa shape index (κ3) is 2.29. The van der Waals surface area contributed by atoms with E-state index in [1.54, 1.807) is 6.21 Å². The number of benzene rings is 2. The Morgan fingerprint density at radius 2 is 1.95 bits per heavy atom. The number of nitrogens with zero attached hydrogens (tertiary/aromatic N) is 1. The maximum atomic E-state index is 9.93. The zero-order chi connectivity index (χ0) is 13.9. The van der Waals surface area contributed by atoms with Crippen LogP contribution < -0.4 is 0 Å². The number of para-hydroxylation sites is 1. The molecule has 3 aromatic rings. The summed E-state index contributed by atoms with van der Waals surface area (Å²) in [4.78, 5) is 7.26. The number of nitrogens with one attached hydrogen (secondary N) is 1. The lowest BCUT2D eigenvalue weighted by molar-refractivity contribution is 0.282. The third-order valence-corrected chi connectivity index (χ3v) is 3.16. The molecule has 1 aromatic heterocycles. The van der Waals surface area contributed by atoms with Crippen LogP contribution in [-0.4, -0.2) is 21.4 Å². The third-order valence-electron chi connectivity index (χ3n) is 3.16. The average molecular weight is 266 g/mol. The van der Waals surface area contributed by atoms with Crippen molar-refractivity contribution in [3.63, 3.8) is 0 Å². The van der Waals surface area contributed by atoms with E-state index in [0.717, 1.165) is 22.2 Å². The molecule has 0 radical (unpaired) electrons. The highest BCUT2D eigenvalue weighted by Crippen LogP contribution is 2.26. The van der Waals surface area contributed by atoms with Crippen LogP contribution in [0.15, 0.2) is 53.5 Å². The zero-order valence-electron chi connectivity index (χ0n) is 10.7. The molecule has 0 atom stereocenters. The number of aliphatic hydroxyl groups is 1. The van der Waals surface area contributed by atoms with E-state index in [1.165, 1.54) is 0 Å². The minimum atomic E-state index is -0.0122. The number of rotatable bonds is 3. The van der Waals surface area contributed by atoms with Gasteiger partial charge >= 0.3 is 0 Å². The first kappa shape index (κ1) is 12.4. The molecule has 0 fully saturated rings. The number of aromatic amines is 1. The van der Waals surface area contributed by atoms with Gasteiger partial charge in [-0.05, 0) is 23.8 Å². The molecule has 1 heterocycles. The first-order valence-electron chi connectivity index (χ1n) is 6.31. The Bertz CT molecular complexity index is 775. The summed E-state index contributed by atoms with van der Waals surface area (Å²) in [6.07, 6.45) is 1.63. The number of hydrogen-bond donors (Lipinski definition) is 3. The van der Waals surface area contributed by atoms with Gasteiger partial charge in [-0.25, -0.2) is 0 Å². The maximum absolute atomic E-state index is 9.93. The molecular formula is C16H14N2O2. The smallest absolute Gasteiger partial charge is 0.198 e. The molecule has 0 saturated carbocycles. The van der Waals surface area contributed by atoms with Gasteiger partial charge in [0.1, 0.15) is 0 Å². The highest BCUT2D eigenvalue weighted by Gasteiger charge is 2.07. The van der Waals surface area contributed by atoms with Crippen molar-refractivity contribution in [1.29, 1.82) is 0 Å². The fourth-order valence-electron chi connectivity index (χ4n) is 2.15. The first-order chi connectivity index (χ1) is 9.78. The average Bonchev–Trinajstić information content (AvgIpc) is 2.81. The summed E-state index contributed by atoms with van der Waals surface area (Å²) in [5, 5.41) is 20.0. The van der Waals surface area contributed by atoms with E-state index in [9.17, 15) is 5.11 Å². The van der Waals surface area contributed by atoms with Gasteiger partial charge in [-0.3, -0.25) is 4.99 Å². The van der Waals surface area contributed by atoms with E-state index in [4.69, 9.17) is 5.11 Å². The molecule has 0 amide bonds. The van der Waals surface area contributed by atoms with E-state index in [1.807, 2.05) is 48.5 Å². The molecule has 2 aromatic carbocycles. The number of fused-ring (bicyclic) bond motifs is 1. The van der Waals surface area contributed by atoms with Crippen LogP contribution in [0.1, 0.15) is 11.1 Å². The second kappa shape index (κ2) is 5.19. The van der Waals surface area contributed by atoms with Crippen molar-refractivity contribution in [1.82, 2.24) is 4.98 Å². The van der Waals surface area contributed by atoms with Crippen molar-refractivity contribution >= 4 is 22.8 Å². The second-order valence-corrected chi connectivity index (χ2v) is 4.52. The van der Waals surface area contributed by atoms with Crippen molar-refractivity contribution in [2.24, 2.45) is 4.99 Å². The number of aliphatic imine (C=N–C) groups is 1. The Morgan fingerprint density at radius 1 is 1.10 bits per heavy atom. The predicted octanol–water partition coefficient (Wildman–Crippen LogP) is 3.12. The van der Waals surface area contributed by atoms with Gasteiger partial charge < -0.3 is 15.2 Å². The molecule has 0 aliphatic rings. The van der Waals surface area contributed by atoms with Gasteiger partial charge in [-0.15, -0.1) is 0 Å². The van der Waals surface area contributed by atoms with E-state index in [-0.39, 0.29) is 12.5 Å². The summed E-state index contributed by atoms with van der Waals surface area (Å²) in [5.74, 6) is 0.105. The Labute approximate surface area is 116 Å². The fraction of sp³-hybridized carbons (Fsp3) is 0.0625. The Kier molecular flexibility index (Phi) is 3.23. The van der Waals surface area contributed by atoms with Gasteiger partial charge in [-0.1, -0.05) is 30.3 Å². The van der Waals surface area contributed by atoms with Gasteiger partial charge in [0.05, 0.1) is 17.9 Å². The molecular weight excluding hydrogens is 252 g/mol. The number of aromatic nitrogens is 1. The largest absolute Gasteiger partial charge is 0.494 e. The van der Waals surface area contributed by atoms with Crippen LogP contribution in [0, 0.1) is 0 Å². The van der Waals surface area contributed by atoms with Crippen molar-refractivity contribution in [3.05, 3.63) is 59.7 Å². The van der Waals surface area contributed by atoms with E-state index in [2.05, 4.69) is 9.98 Å².